The van der Waals surface area contributed by atoms with Gasteiger partial charge < -0.3 is 9.80 Å². The van der Waals surface area contributed by atoms with Gasteiger partial charge in [0.15, 0.2) is 0 Å². The first kappa shape index (κ1) is 25.2. The van der Waals surface area contributed by atoms with E-state index in [1.807, 2.05) is 0 Å². The molecule has 1 aliphatic rings. The summed E-state index contributed by atoms with van der Waals surface area (Å²) in [5.74, 6) is -0.355. The van der Waals surface area contributed by atoms with Crippen LogP contribution in [0.4, 0.5) is 24.5 Å². The van der Waals surface area contributed by atoms with Gasteiger partial charge in [-0.2, -0.15) is 13.2 Å². The largest absolute Gasteiger partial charge is 0.416 e. The van der Waals surface area contributed by atoms with Crippen molar-refractivity contribution in [3.8, 4) is 0 Å². The first-order chi connectivity index (χ1) is 15.4. The topological polar surface area (TPSA) is 60.9 Å². The molecule has 0 saturated carbocycles. The highest BCUT2D eigenvalue weighted by Gasteiger charge is 2.36. The number of nitrogens with zero attached hydrogens (tertiary/aromatic N) is 3. The summed E-state index contributed by atoms with van der Waals surface area (Å²) in [5, 5.41) is 0.346. The summed E-state index contributed by atoms with van der Waals surface area (Å²) in [5.41, 5.74) is 0.00308. The first-order valence-electron chi connectivity index (χ1n) is 10.4. The van der Waals surface area contributed by atoms with Crippen molar-refractivity contribution in [2.75, 3.05) is 41.6 Å². The number of piperazine rings is 1. The fraction of sp³-hybridized carbons (Fsp3) is 0.409. The lowest BCUT2D eigenvalue weighted by Gasteiger charge is -2.39. The van der Waals surface area contributed by atoms with E-state index < -0.39 is 27.8 Å². The lowest BCUT2D eigenvalue weighted by Crippen LogP contribution is -2.56. The number of anilines is 2. The quantitative estimate of drug-likeness (QED) is 0.591. The number of amides is 1. The summed E-state index contributed by atoms with van der Waals surface area (Å²) in [6.07, 6.45) is -3.15. The van der Waals surface area contributed by atoms with Gasteiger partial charge in [-0.25, -0.2) is 8.42 Å². The van der Waals surface area contributed by atoms with Crippen LogP contribution in [0.3, 0.4) is 0 Å². The first-order valence-corrected chi connectivity index (χ1v) is 12.6. The molecule has 0 bridgehead atoms. The number of sulfonamides is 1. The molecule has 33 heavy (non-hydrogen) atoms. The molecule has 2 aromatic carbocycles. The summed E-state index contributed by atoms with van der Waals surface area (Å²) in [4.78, 5) is 16.7. The van der Waals surface area contributed by atoms with Crippen LogP contribution in [0.2, 0.25) is 5.02 Å². The number of hydrogen-bond acceptors (Lipinski definition) is 4. The molecule has 0 radical (unpaired) electrons. The number of rotatable bonds is 6. The van der Waals surface area contributed by atoms with Crippen molar-refractivity contribution in [2.45, 2.75) is 25.6 Å². The van der Waals surface area contributed by atoms with Gasteiger partial charge in [-0.15, -0.1) is 0 Å². The molecule has 0 unspecified atom stereocenters. The molecule has 0 aromatic heterocycles. The minimum Gasteiger partial charge on any atom is -0.368 e. The summed E-state index contributed by atoms with van der Waals surface area (Å²) >= 11 is 6.04. The van der Waals surface area contributed by atoms with E-state index in [4.69, 9.17) is 11.6 Å². The fourth-order valence-electron chi connectivity index (χ4n) is 3.93. The standard InChI is InChI=1S/C22H25ClF3N3O3S/c1-3-20(29(33(2,31)32)19-9-5-7-17(23)15-19)21(30)28-12-10-27(11-13-28)18-8-4-6-16(14-18)22(24,25)26/h4-9,14-15,20H,3,10-13H2,1-2H3/t20-/m0/s1. The second kappa shape index (κ2) is 9.80. The Bertz CT molecular complexity index is 1100. The smallest absolute Gasteiger partial charge is 0.368 e. The monoisotopic (exact) mass is 503 g/mol. The van der Waals surface area contributed by atoms with Gasteiger partial charge in [0.05, 0.1) is 17.5 Å². The van der Waals surface area contributed by atoms with Crippen molar-refractivity contribution < 1.29 is 26.4 Å². The zero-order chi connectivity index (χ0) is 24.4. The van der Waals surface area contributed by atoms with Gasteiger partial charge in [0, 0.05) is 36.9 Å². The van der Waals surface area contributed by atoms with Crippen LogP contribution in [0.5, 0.6) is 0 Å². The molecule has 1 heterocycles. The minimum atomic E-state index is -4.43. The molecule has 0 aliphatic carbocycles. The fourth-order valence-corrected chi connectivity index (χ4v) is 5.31. The van der Waals surface area contributed by atoms with E-state index in [9.17, 15) is 26.4 Å². The Morgan fingerprint density at radius 3 is 2.27 bits per heavy atom. The Hall–Kier alpha value is -2.46. The van der Waals surface area contributed by atoms with E-state index in [0.717, 1.165) is 22.7 Å². The molecule has 1 saturated heterocycles. The molecular formula is C22H25ClF3N3O3S. The van der Waals surface area contributed by atoms with Gasteiger partial charge in [-0.1, -0.05) is 30.7 Å². The normalized spacial score (nSPS) is 15.9. The maximum Gasteiger partial charge on any atom is 0.416 e. The van der Waals surface area contributed by atoms with Gasteiger partial charge in [0.1, 0.15) is 6.04 Å². The third-order valence-corrected chi connectivity index (χ3v) is 6.92. The Kier molecular flexibility index (Phi) is 7.48. The van der Waals surface area contributed by atoms with E-state index in [0.29, 0.717) is 29.5 Å². The van der Waals surface area contributed by atoms with Crippen LogP contribution >= 0.6 is 11.6 Å². The third-order valence-electron chi connectivity index (χ3n) is 5.50. The van der Waals surface area contributed by atoms with E-state index in [1.54, 1.807) is 41.0 Å². The second-order valence-electron chi connectivity index (χ2n) is 7.82. The number of carbonyl (C=O) groups excluding carboxylic acids is 1. The SMILES string of the molecule is CC[C@@H](C(=O)N1CCN(c2cccc(C(F)(F)F)c2)CC1)N(c1cccc(Cl)c1)S(C)(=O)=O. The van der Waals surface area contributed by atoms with Gasteiger partial charge in [-0.05, 0) is 42.8 Å². The lowest BCUT2D eigenvalue weighted by atomic mass is 10.1. The maximum atomic E-state index is 13.3. The van der Waals surface area contributed by atoms with Crippen LogP contribution in [0.25, 0.3) is 0 Å². The van der Waals surface area contributed by atoms with Crippen molar-refractivity contribution in [1.82, 2.24) is 4.90 Å². The summed E-state index contributed by atoms with van der Waals surface area (Å²) in [6, 6.07) is 10.4. The number of halogens is 4. The average molecular weight is 504 g/mol. The molecule has 0 N–H and O–H groups in total. The van der Waals surface area contributed by atoms with Crippen LogP contribution < -0.4 is 9.21 Å². The van der Waals surface area contributed by atoms with Gasteiger partial charge in [0.25, 0.3) is 0 Å². The highest BCUT2D eigenvalue weighted by molar-refractivity contribution is 7.92. The Morgan fingerprint density at radius 2 is 1.73 bits per heavy atom. The van der Waals surface area contributed by atoms with Crippen LogP contribution in [-0.2, 0) is 21.0 Å². The summed E-state index contributed by atoms with van der Waals surface area (Å²) < 4.78 is 65.4. The van der Waals surface area contributed by atoms with Crippen molar-refractivity contribution in [2.24, 2.45) is 0 Å². The Morgan fingerprint density at radius 1 is 1.09 bits per heavy atom. The van der Waals surface area contributed by atoms with E-state index >= 15 is 0 Å². The lowest BCUT2D eigenvalue weighted by molar-refractivity contribution is -0.137. The second-order valence-corrected chi connectivity index (χ2v) is 10.1. The number of alkyl halides is 3. The van der Waals surface area contributed by atoms with Gasteiger partial charge in [-0.3, -0.25) is 9.10 Å². The maximum absolute atomic E-state index is 13.3. The molecule has 0 spiro atoms. The van der Waals surface area contributed by atoms with Crippen LogP contribution in [0.15, 0.2) is 48.5 Å². The minimum absolute atomic E-state index is 0.242. The number of hydrogen-bond donors (Lipinski definition) is 0. The molecule has 1 fully saturated rings. The van der Waals surface area contributed by atoms with Crippen LogP contribution in [0, 0.1) is 0 Å². The summed E-state index contributed by atoms with van der Waals surface area (Å²) in [7, 11) is -3.79. The van der Waals surface area contributed by atoms with Crippen LogP contribution in [0.1, 0.15) is 18.9 Å². The van der Waals surface area contributed by atoms with E-state index in [2.05, 4.69) is 0 Å². The predicted molar refractivity (Wildman–Crippen MR) is 123 cm³/mol. The molecule has 1 atom stereocenters. The molecule has 2 aromatic rings. The van der Waals surface area contributed by atoms with Crippen molar-refractivity contribution >= 4 is 38.9 Å². The molecular weight excluding hydrogens is 479 g/mol. The van der Waals surface area contributed by atoms with Crippen molar-refractivity contribution in [3.63, 3.8) is 0 Å². The molecule has 11 heteroatoms. The Balaban J connectivity index is 1.77. The third kappa shape index (κ3) is 5.92. The van der Waals surface area contributed by atoms with Crippen molar-refractivity contribution in [1.29, 1.82) is 0 Å². The zero-order valence-electron chi connectivity index (χ0n) is 18.2. The van der Waals surface area contributed by atoms with E-state index in [-0.39, 0.29) is 25.4 Å². The number of carbonyl (C=O) groups is 1. The summed E-state index contributed by atoms with van der Waals surface area (Å²) in [6.45, 7) is 2.92. The molecule has 180 valence electrons. The predicted octanol–water partition coefficient (Wildman–Crippen LogP) is 4.25. The molecule has 3 rings (SSSR count). The average Bonchev–Trinajstić information content (AvgIpc) is 2.75. The molecule has 1 aliphatic heterocycles. The highest BCUT2D eigenvalue weighted by Crippen LogP contribution is 2.32. The molecule has 6 nitrogen and oxygen atoms in total. The highest BCUT2D eigenvalue weighted by atomic mass is 35.5. The number of benzene rings is 2. The van der Waals surface area contributed by atoms with Crippen molar-refractivity contribution in [3.05, 3.63) is 59.1 Å². The Labute approximate surface area is 196 Å². The zero-order valence-corrected chi connectivity index (χ0v) is 19.8. The van der Waals surface area contributed by atoms with Gasteiger partial charge in [0.2, 0.25) is 15.9 Å². The van der Waals surface area contributed by atoms with Gasteiger partial charge >= 0.3 is 6.18 Å². The van der Waals surface area contributed by atoms with E-state index in [1.165, 1.54) is 12.1 Å². The molecule has 1 amide bonds. The van der Waals surface area contributed by atoms with Crippen LogP contribution in [-0.4, -0.2) is 57.7 Å².